The third-order valence-corrected chi connectivity index (χ3v) is 3.85. The molecule has 2 rings (SSSR count). The van der Waals surface area contributed by atoms with E-state index in [0.29, 0.717) is 6.04 Å². The highest BCUT2D eigenvalue weighted by atomic mass is 79.9. The lowest BCUT2D eigenvalue weighted by Gasteiger charge is -2.15. The fraction of sp³-hybridized carbons (Fsp3) is 0.308. The first-order chi connectivity index (χ1) is 8.15. The Bertz CT molecular complexity index is 482. The second kappa shape index (κ2) is 5.65. The van der Waals surface area contributed by atoms with E-state index in [1.165, 1.54) is 4.88 Å². The van der Waals surface area contributed by atoms with Crippen molar-refractivity contribution in [3.63, 3.8) is 0 Å². The minimum absolute atomic E-state index is 0.390. The van der Waals surface area contributed by atoms with Crippen LogP contribution in [0.2, 0.25) is 0 Å². The van der Waals surface area contributed by atoms with Crippen molar-refractivity contribution in [2.75, 3.05) is 5.32 Å². The molecule has 0 saturated heterocycles. The topological polar surface area (TPSA) is 24.9 Å². The SMILES string of the molecule is Cc1cc(Br)cnc1NC(C)Cc1cccs1. The summed E-state index contributed by atoms with van der Waals surface area (Å²) in [7, 11) is 0. The standard InChI is InChI=1S/C13H15BrN2S/c1-9-6-11(14)8-15-13(9)16-10(2)7-12-4-3-5-17-12/h3-6,8,10H,7H2,1-2H3,(H,15,16). The van der Waals surface area contributed by atoms with Gasteiger partial charge in [0.05, 0.1) is 0 Å². The Kier molecular flexibility index (Phi) is 4.18. The molecule has 0 fully saturated rings. The summed E-state index contributed by atoms with van der Waals surface area (Å²) in [5, 5.41) is 5.57. The van der Waals surface area contributed by atoms with Crippen molar-refractivity contribution in [1.82, 2.24) is 4.98 Å². The van der Waals surface area contributed by atoms with Gasteiger partial charge in [0.1, 0.15) is 5.82 Å². The van der Waals surface area contributed by atoms with E-state index < -0.39 is 0 Å². The molecule has 0 bridgehead atoms. The average molecular weight is 311 g/mol. The first-order valence-electron chi connectivity index (χ1n) is 5.56. The molecule has 90 valence electrons. The van der Waals surface area contributed by atoms with Crippen LogP contribution in [-0.4, -0.2) is 11.0 Å². The van der Waals surface area contributed by atoms with Gasteiger partial charge in [-0.15, -0.1) is 11.3 Å². The molecule has 2 heterocycles. The number of halogens is 1. The molecule has 1 N–H and O–H groups in total. The third kappa shape index (κ3) is 3.54. The Hall–Kier alpha value is -0.870. The van der Waals surface area contributed by atoms with Crippen LogP contribution >= 0.6 is 27.3 Å². The molecule has 2 aromatic rings. The van der Waals surface area contributed by atoms with Crippen LogP contribution in [0.1, 0.15) is 17.4 Å². The van der Waals surface area contributed by atoms with Crippen LogP contribution in [0, 0.1) is 6.92 Å². The second-order valence-corrected chi connectivity index (χ2v) is 6.10. The van der Waals surface area contributed by atoms with Gasteiger partial charge in [0.25, 0.3) is 0 Å². The van der Waals surface area contributed by atoms with Crippen LogP contribution in [0.3, 0.4) is 0 Å². The molecule has 17 heavy (non-hydrogen) atoms. The summed E-state index contributed by atoms with van der Waals surface area (Å²) in [6, 6.07) is 6.73. The summed E-state index contributed by atoms with van der Waals surface area (Å²) in [6.45, 7) is 4.25. The molecule has 0 radical (unpaired) electrons. The molecule has 0 saturated carbocycles. The molecule has 0 aromatic carbocycles. The van der Waals surface area contributed by atoms with E-state index in [1.807, 2.05) is 6.20 Å². The molecular formula is C13H15BrN2S. The monoisotopic (exact) mass is 310 g/mol. The molecule has 1 unspecified atom stereocenters. The molecule has 0 amide bonds. The van der Waals surface area contributed by atoms with Crippen LogP contribution in [0.5, 0.6) is 0 Å². The Balaban J connectivity index is 2.00. The quantitative estimate of drug-likeness (QED) is 0.912. The summed E-state index contributed by atoms with van der Waals surface area (Å²) in [6.07, 6.45) is 2.86. The van der Waals surface area contributed by atoms with Crippen molar-refractivity contribution in [1.29, 1.82) is 0 Å². The van der Waals surface area contributed by atoms with Gasteiger partial charge in [-0.1, -0.05) is 6.07 Å². The van der Waals surface area contributed by atoms with Crippen LogP contribution in [0.4, 0.5) is 5.82 Å². The van der Waals surface area contributed by atoms with Gasteiger partial charge in [0, 0.05) is 28.0 Å². The Labute approximate surface area is 114 Å². The van der Waals surface area contributed by atoms with Crippen molar-refractivity contribution in [2.45, 2.75) is 26.3 Å². The molecular weight excluding hydrogens is 296 g/mol. The van der Waals surface area contributed by atoms with Crippen molar-refractivity contribution < 1.29 is 0 Å². The van der Waals surface area contributed by atoms with E-state index >= 15 is 0 Å². The number of aromatic nitrogens is 1. The minimum Gasteiger partial charge on any atom is -0.367 e. The third-order valence-electron chi connectivity index (χ3n) is 2.52. The number of pyridine rings is 1. The zero-order valence-electron chi connectivity index (χ0n) is 9.90. The van der Waals surface area contributed by atoms with Crippen molar-refractivity contribution in [3.05, 3.63) is 44.7 Å². The summed E-state index contributed by atoms with van der Waals surface area (Å²) in [4.78, 5) is 5.80. The predicted molar refractivity (Wildman–Crippen MR) is 77.8 cm³/mol. The lowest BCUT2D eigenvalue weighted by molar-refractivity contribution is 0.792. The van der Waals surface area contributed by atoms with Gasteiger partial charge in [0.15, 0.2) is 0 Å². The van der Waals surface area contributed by atoms with E-state index in [1.54, 1.807) is 11.3 Å². The highest BCUT2D eigenvalue weighted by Crippen LogP contribution is 2.19. The van der Waals surface area contributed by atoms with Gasteiger partial charge >= 0.3 is 0 Å². The molecule has 1 atom stereocenters. The number of hydrogen-bond acceptors (Lipinski definition) is 3. The number of anilines is 1. The maximum absolute atomic E-state index is 4.39. The fourth-order valence-electron chi connectivity index (χ4n) is 1.71. The van der Waals surface area contributed by atoms with Gasteiger partial charge in [-0.3, -0.25) is 0 Å². The lowest BCUT2D eigenvalue weighted by atomic mass is 10.2. The average Bonchev–Trinajstić information content (AvgIpc) is 2.75. The molecule has 2 nitrogen and oxygen atoms in total. The summed E-state index contributed by atoms with van der Waals surface area (Å²) >= 11 is 5.22. The summed E-state index contributed by atoms with van der Waals surface area (Å²) in [5.74, 6) is 0.970. The van der Waals surface area contributed by atoms with Crippen molar-refractivity contribution in [2.24, 2.45) is 0 Å². The molecule has 0 aliphatic carbocycles. The lowest BCUT2D eigenvalue weighted by Crippen LogP contribution is -2.19. The Morgan fingerprint density at radius 3 is 3.00 bits per heavy atom. The highest BCUT2D eigenvalue weighted by molar-refractivity contribution is 9.10. The van der Waals surface area contributed by atoms with Crippen molar-refractivity contribution in [3.8, 4) is 0 Å². The first kappa shape index (κ1) is 12.6. The summed E-state index contributed by atoms with van der Waals surface area (Å²) in [5.41, 5.74) is 1.16. The smallest absolute Gasteiger partial charge is 0.129 e. The highest BCUT2D eigenvalue weighted by Gasteiger charge is 2.07. The van der Waals surface area contributed by atoms with Gasteiger partial charge < -0.3 is 5.32 Å². The van der Waals surface area contributed by atoms with E-state index in [9.17, 15) is 0 Å². The molecule has 0 aliphatic heterocycles. The molecule has 0 spiro atoms. The largest absolute Gasteiger partial charge is 0.367 e. The number of nitrogens with one attached hydrogen (secondary N) is 1. The van der Waals surface area contributed by atoms with E-state index in [2.05, 4.69) is 63.7 Å². The normalized spacial score (nSPS) is 12.4. The number of aryl methyl sites for hydroxylation is 1. The summed E-state index contributed by atoms with van der Waals surface area (Å²) < 4.78 is 1.02. The van der Waals surface area contributed by atoms with E-state index in [4.69, 9.17) is 0 Å². The maximum atomic E-state index is 4.39. The number of thiophene rings is 1. The van der Waals surface area contributed by atoms with Gasteiger partial charge in [-0.2, -0.15) is 0 Å². The Morgan fingerprint density at radius 2 is 2.35 bits per heavy atom. The predicted octanol–water partition coefficient (Wildman–Crippen LogP) is 4.26. The number of nitrogens with zero attached hydrogens (tertiary/aromatic N) is 1. The van der Waals surface area contributed by atoms with Gasteiger partial charge in [-0.25, -0.2) is 4.98 Å². The van der Waals surface area contributed by atoms with E-state index in [-0.39, 0.29) is 0 Å². The number of rotatable bonds is 4. The van der Waals surface area contributed by atoms with Crippen LogP contribution in [-0.2, 0) is 6.42 Å². The zero-order chi connectivity index (χ0) is 12.3. The zero-order valence-corrected chi connectivity index (χ0v) is 12.3. The number of hydrogen-bond donors (Lipinski definition) is 1. The molecule has 0 aliphatic rings. The molecule has 4 heteroatoms. The van der Waals surface area contributed by atoms with Crippen LogP contribution < -0.4 is 5.32 Å². The van der Waals surface area contributed by atoms with Gasteiger partial charge in [-0.05, 0) is 52.9 Å². The van der Waals surface area contributed by atoms with Crippen LogP contribution in [0.15, 0.2) is 34.2 Å². The first-order valence-corrected chi connectivity index (χ1v) is 7.23. The van der Waals surface area contributed by atoms with Gasteiger partial charge in [0.2, 0.25) is 0 Å². The maximum Gasteiger partial charge on any atom is 0.129 e. The Morgan fingerprint density at radius 1 is 1.53 bits per heavy atom. The molecule has 2 aromatic heterocycles. The van der Waals surface area contributed by atoms with Crippen molar-refractivity contribution >= 4 is 33.1 Å². The second-order valence-electron chi connectivity index (χ2n) is 4.15. The minimum atomic E-state index is 0.390. The van der Waals surface area contributed by atoms with E-state index in [0.717, 1.165) is 22.3 Å². The van der Waals surface area contributed by atoms with Crippen LogP contribution in [0.25, 0.3) is 0 Å². The fourth-order valence-corrected chi connectivity index (χ4v) is 2.99.